The van der Waals surface area contributed by atoms with E-state index >= 15 is 0 Å². The van der Waals surface area contributed by atoms with Crippen LogP contribution in [0.1, 0.15) is 0 Å². The standard InChI is InChI=1S/C60H40N2/c1-2-17-48(18-3-1)61(49-35-33-42(34-36-49)41-27-29-45(30-28-41)54-23-11-15-43-13-4-6-20-52(43)54)50-19-10-16-46(39-50)56-24-12-26-59-60(56)57-22-8-9-25-58(57)62(59)51-37-38-55-47(40-51)32-31-44-14-5-7-21-53(44)55/h1-40H. The Morgan fingerprint density at radius 3 is 1.65 bits per heavy atom. The molecule has 0 amide bonds. The van der Waals surface area contributed by atoms with Crippen LogP contribution in [0.25, 0.3) is 93.2 Å². The van der Waals surface area contributed by atoms with Crippen molar-refractivity contribution in [3.05, 3.63) is 243 Å². The Bertz CT molecular complexity index is 3610. The van der Waals surface area contributed by atoms with Crippen LogP contribution in [0.15, 0.2) is 243 Å². The summed E-state index contributed by atoms with van der Waals surface area (Å²) in [7, 11) is 0. The first-order chi connectivity index (χ1) is 30.7. The quantitative estimate of drug-likeness (QED) is 0.146. The lowest BCUT2D eigenvalue weighted by Gasteiger charge is -2.26. The minimum absolute atomic E-state index is 1.10. The number of anilines is 3. The van der Waals surface area contributed by atoms with Gasteiger partial charge in [0.05, 0.1) is 11.0 Å². The van der Waals surface area contributed by atoms with Gasteiger partial charge in [0, 0.05) is 33.5 Å². The summed E-state index contributed by atoms with van der Waals surface area (Å²) in [4.78, 5) is 2.36. The fourth-order valence-electron chi connectivity index (χ4n) is 9.64. The van der Waals surface area contributed by atoms with Gasteiger partial charge in [0.15, 0.2) is 0 Å². The fourth-order valence-corrected chi connectivity index (χ4v) is 9.64. The van der Waals surface area contributed by atoms with Crippen LogP contribution < -0.4 is 4.90 Å². The second kappa shape index (κ2) is 14.8. The molecule has 0 radical (unpaired) electrons. The lowest BCUT2D eigenvalue weighted by atomic mass is 9.96. The molecule has 12 rings (SSSR count). The van der Waals surface area contributed by atoms with Gasteiger partial charge in [0.2, 0.25) is 0 Å². The Labute approximate surface area is 360 Å². The number of hydrogen-bond donors (Lipinski definition) is 0. The zero-order chi connectivity index (χ0) is 41.0. The second-order valence-corrected chi connectivity index (χ2v) is 16.1. The molecule has 0 bridgehead atoms. The molecule has 1 heterocycles. The van der Waals surface area contributed by atoms with Crippen LogP contribution in [-0.2, 0) is 0 Å². The van der Waals surface area contributed by atoms with Crippen molar-refractivity contribution < 1.29 is 0 Å². The molecule has 0 saturated heterocycles. The Morgan fingerprint density at radius 2 is 0.823 bits per heavy atom. The van der Waals surface area contributed by atoms with Gasteiger partial charge in [-0.2, -0.15) is 0 Å². The average Bonchev–Trinajstić information content (AvgIpc) is 3.69. The first kappa shape index (κ1) is 35.7. The lowest BCUT2D eigenvalue weighted by Crippen LogP contribution is -2.09. The van der Waals surface area contributed by atoms with Gasteiger partial charge in [-0.3, -0.25) is 0 Å². The largest absolute Gasteiger partial charge is 0.310 e. The molecule has 62 heavy (non-hydrogen) atoms. The van der Waals surface area contributed by atoms with Crippen LogP contribution in [0, 0.1) is 0 Å². The van der Waals surface area contributed by atoms with E-state index in [1.807, 2.05) is 0 Å². The average molecular weight is 789 g/mol. The van der Waals surface area contributed by atoms with Crippen LogP contribution in [0.4, 0.5) is 17.1 Å². The third-order valence-electron chi connectivity index (χ3n) is 12.6. The number of benzene rings is 11. The van der Waals surface area contributed by atoms with Crippen molar-refractivity contribution >= 4 is 71.2 Å². The Morgan fingerprint density at radius 1 is 0.274 bits per heavy atom. The molecule has 1 aromatic heterocycles. The molecule has 2 heteroatoms. The normalized spacial score (nSPS) is 11.5. The van der Waals surface area contributed by atoms with Gasteiger partial charge < -0.3 is 9.47 Å². The van der Waals surface area contributed by atoms with E-state index in [1.165, 1.54) is 87.5 Å². The molecule has 0 aliphatic heterocycles. The van der Waals surface area contributed by atoms with Gasteiger partial charge >= 0.3 is 0 Å². The van der Waals surface area contributed by atoms with Crippen molar-refractivity contribution in [1.29, 1.82) is 0 Å². The highest BCUT2D eigenvalue weighted by Gasteiger charge is 2.19. The predicted octanol–water partition coefficient (Wildman–Crippen LogP) is 16.7. The van der Waals surface area contributed by atoms with Crippen molar-refractivity contribution in [3.63, 3.8) is 0 Å². The highest BCUT2D eigenvalue weighted by atomic mass is 15.1. The zero-order valence-corrected chi connectivity index (χ0v) is 34.0. The van der Waals surface area contributed by atoms with E-state index in [0.717, 1.165) is 22.7 Å². The smallest absolute Gasteiger partial charge is 0.0547 e. The first-order valence-corrected chi connectivity index (χ1v) is 21.3. The fraction of sp³-hybridized carbons (Fsp3) is 0. The van der Waals surface area contributed by atoms with Crippen molar-refractivity contribution in [2.45, 2.75) is 0 Å². The molecule has 12 aromatic rings. The minimum atomic E-state index is 1.10. The van der Waals surface area contributed by atoms with Crippen LogP contribution >= 0.6 is 0 Å². The van der Waals surface area contributed by atoms with Crippen molar-refractivity contribution in [1.82, 2.24) is 4.57 Å². The van der Waals surface area contributed by atoms with Crippen LogP contribution in [0.3, 0.4) is 0 Å². The van der Waals surface area contributed by atoms with Gasteiger partial charge in [-0.05, 0) is 126 Å². The molecule has 290 valence electrons. The first-order valence-electron chi connectivity index (χ1n) is 21.3. The molecule has 0 unspecified atom stereocenters. The maximum Gasteiger partial charge on any atom is 0.0547 e. The van der Waals surface area contributed by atoms with E-state index in [9.17, 15) is 0 Å². The molecule has 0 saturated carbocycles. The van der Waals surface area contributed by atoms with Gasteiger partial charge in [0.25, 0.3) is 0 Å². The SMILES string of the molecule is c1ccc(N(c2ccc(-c3ccc(-c4cccc5ccccc45)cc3)cc2)c2cccc(-c3cccc4c3c3ccccc3n4-c3ccc4c(ccc5ccccc54)c3)c2)cc1. The molecule has 0 fully saturated rings. The zero-order valence-electron chi connectivity index (χ0n) is 34.0. The van der Waals surface area contributed by atoms with Crippen LogP contribution in [0.2, 0.25) is 0 Å². The molecule has 0 N–H and O–H groups in total. The summed E-state index contributed by atoms with van der Waals surface area (Å²) in [5.74, 6) is 0. The molecular formula is C60H40N2. The summed E-state index contributed by atoms with van der Waals surface area (Å²) in [5, 5.41) is 10.1. The lowest BCUT2D eigenvalue weighted by molar-refractivity contribution is 1.19. The summed E-state index contributed by atoms with van der Waals surface area (Å²) in [6.45, 7) is 0. The highest BCUT2D eigenvalue weighted by Crippen LogP contribution is 2.42. The van der Waals surface area contributed by atoms with Gasteiger partial charge in [0.1, 0.15) is 0 Å². The highest BCUT2D eigenvalue weighted by molar-refractivity contribution is 6.16. The van der Waals surface area contributed by atoms with Crippen molar-refractivity contribution in [3.8, 4) is 39.1 Å². The van der Waals surface area contributed by atoms with E-state index in [2.05, 4.69) is 252 Å². The second-order valence-electron chi connectivity index (χ2n) is 16.1. The minimum Gasteiger partial charge on any atom is -0.310 e. The van der Waals surface area contributed by atoms with Crippen LogP contribution in [0.5, 0.6) is 0 Å². The topological polar surface area (TPSA) is 8.17 Å². The Hall–Kier alpha value is -8.20. The molecule has 0 atom stereocenters. The van der Waals surface area contributed by atoms with Gasteiger partial charge in [-0.15, -0.1) is 0 Å². The summed E-state index contributed by atoms with van der Waals surface area (Å²) in [6.07, 6.45) is 0. The number of fused-ring (bicyclic) bond motifs is 7. The van der Waals surface area contributed by atoms with E-state index in [-0.39, 0.29) is 0 Å². The summed E-state index contributed by atoms with van der Waals surface area (Å²) in [6, 6.07) is 88.4. The monoisotopic (exact) mass is 788 g/mol. The van der Waals surface area contributed by atoms with Crippen LogP contribution in [-0.4, -0.2) is 4.57 Å². The van der Waals surface area contributed by atoms with Crippen molar-refractivity contribution in [2.24, 2.45) is 0 Å². The van der Waals surface area contributed by atoms with E-state index in [4.69, 9.17) is 0 Å². The molecular weight excluding hydrogens is 749 g/mol. The summed E-state index contributed by atoms with van der Waals surface area (Å²) < 4.78 is 2.43. The predicted molar refractivity (Wildman–Crippen MR) is 264 cm³/mol. The van der Waals surface area contributed by atoms with Gasteiger partial charge in [-0.25, -0.2) is 0 Å². The summed E-state index contributed by atoms with van der Waals surface area (Å²) >= 11 is 0. The molecule has 0 spiro atoms. The van der Waals surface area contributed by atoms with Gasteiger partial charge in [-0.1, -0.05) is 182 Å². The van der Waals surface area contributed by atoms with Crippen molar-refractivity contribution in [2.75, 3.05) is 4.90 Å². The number of aromatic nitrogens is 1. The Balaban J connectivity index is 0.927. The number of rotatable bonds is 7. The third-order valence-corrected chi connectivity index (χ3v) is 12.6. The molecule has 0 aliphatic carbocycles. The molecule has 2 nitrogen and oxygen atoms in total. The van der Waals surface area contributed by atoms with E-state index < -0.39 is 0 Å². The number of hydrogen-bond acceptors (Lipinski definition) is 1. The number of nitrogens with zero attached hydrogens (tertiary/aromatic N) is 2. The molecule has 11 aromatic carbocycles. The van der Waals surface area contributed by atoms with E-state index in [1.54, 1.807) is 0 Å². The molecule has 0 aliphatic rings. The Kier molecular flexibility index (Phi) is 8.53. The maximum absolute atomic E-state index is 2.43. The third kappa shape index (κ3) is 6.04. The summed E-state index contributed by atoms with van der Waals surface area (Å²) in [5.41, 5.74) is 14.1. The number of para-hydroxylation sites is 2. The van der Waals surface area contributed by atoms with E-state index in [0.29, 0.717) is 0 Å². The maximum atomic E-state index is 2.43.